The molecule has 4 nitrogen and oxygen atoms in total. The Kier molecular flexibility index (Phi) is 5.05. The number of quaternary nitrogens is 1. The van der Waals surface area contributed by atoms with Crippen molar-refractivity contribution in [3.05, 3.63) is 0 Å². The number of hydrogen-bond acceptors (Lipinski definition) is 2. The molecule has 0 aliphatic rings. The summed E-state index contributed by atoms with van der Waals surface area (Å²) in [4.78, 5) is 0. The predicted octanol–water partition coefficient (Wildman–Crippen LogP) is 0.997. The van der Waals surface area contributed by atoms with Gasteiger partial charge in [-0.2, -0.15) is 8.42 Å². The van der Waals surface area contributed by atoms with Crippen LogP contribution in [0.15, 0.2) is 0 Å². The van der Waals surface area contributed by atoms with Gasteiger partial charge in [0.25, 0.3) is 10.1 Å². The van der Waals surface area contributed by atoms with Crippen molar-refractivity contribution in [2.75, 3.05) is 32.9 Å². The topological polar surface area (TPSA) is 54.4 Å². The van der Waals surface area contributed by atoms with E-state index in [1.165, 1.54) is 0 Å². The smallest absolute Gasteiger partial charge is 0.270 e. The largest absolute Gasteiger partial charge is 0.328 e. The molecule has 0 aromatic heterocycles. The number of nitrogens with zero attached hydrogens (tertiary/aromatic N) is 1. The van der Waals surface area contributed by atoms with Crippen molar-refractivity contribution >= 4 is 10.1 Å². The quantitative estimate of drug-likeness (QED) is 0.541. The zero-order chi connectivity index (χ0) is 11.4. The summed E-state index contributed by atoms with van der Waals surface area (Å²) in [5.41, 5.74) is 0. The summed E-state index contributed by atoms with van der Waals surface area (Å²) in [6, 6.07) is 0. The highest BCUT2D eigenvalue weighted by Crippen LogP contribution is 2.06. The lowest BCUT2D eigenvalue weighted by Crippen LogP contribution is -2.44. The first-order chi connectivity index (χ1) is 6.12. The van der Waals surface area contributed by atoms with E-state index in [0.717, 1.165) is 13.0 Å². The molecule has 0 atom stereocenters. The highest BCUT2D eigenvalue weighted by Gasteiger charge is 2.18. The molecule has 0 unspecified atom stereocenters. The molecule has 0 heterocycles. The van der Waals surface area contributed by atoms with Gasteiger partial charge in [-0.3, -0.25) is 4.55 Å². The van der Waals surface area contributed by atoms with Crippen LogP contribution in [-0.2, 0) is 10.1 Å². The SMILES string of the molecule is CC(C)CC[N+](C)(C)CCS(=O)(=O)O. The molecule has 0 aliphatic heterocycles. The molecular weight excluding hydrogens is 202 g/mol. The maximum atomic E-state index is 10.6. The molecule has 5 heteroatoms. The fourth-order valence-corrected chi connectivity index (χ4v) is 1.81. The summed E-state index contributed by atoms with van der Waals surface area (Å²) in [5.74, 6) is 0.469. The Morgan fingerprint density at radius 3 is 2.07 bits per heavy atom. The molecule has 1 N–H and O–H groups in total. The monoisotopic (exact) mass is 224 g/mol. The van der Waals surface area contributed by atoms with Crippen LogP contribution in [0.5, 0.6) is 0 Å². The molecule has 0 aliphatic carbocycles. The molecule has 0 saturated carbocycles. The molecule has 86 valence electrons. The van der Waals surface area contributed by atoms with Crippen LogP contribution in [0, 0.1) is 5.92 Å². The molecular formula is C9H22NO3S+. The van der Waals surface area contributed by atoms with Gasteiger partial charge >= 0.3 is 0 Å². The van der Waals surface area contributed by atoms with Crippen molar-refractivity contribution in [3.63, 3.8) is 0 Å². The van der Waals surface area contributed by atoms with E-state index in [4.69, 9.17) is 4.55 Å². The Balaban J connectivity index is 3.95. The van der Waals surface area contributed by atoms with Crippen LogP contribution >= 0.6 is 0 Å². The Labute approximate surface area is 87.3 Å². The van der Waals surface area contributed by atoms with Gasteiger partial charge in [0.15, 0.2) is 0 Å². The van der Waals surface area contributed by atoms with E-state index in [0.29, 0.717) is 16.9 Å². The second-order valence-electron chi connectivity index (χ2n) is 4.85. The molecule has 0 bridgehead atoms. The molecule has 0 saturated heterocycles. The van der Waals surface area contributed by atoms with Crippen LogP contribution in [0.3, 0.4) is 0 Å². The van der Waals surface area contributed by atoms with E-state index in [2.05, 4.69) is 13.8 Å². The standard InChI is InChI=1S/C9H21NO3S/c1-9(2)5-6-10(3,4)7-8-14(11,12)13/h9H,5-8H2,1-4H3/p+1. The third kappa shape index (κ3) is 8.47. The summed E-state index contributed by atoms with van der Waals surface area (Å²) < 4.78 is 30.4. The van der Waals surface area contributed by atoms with Gasteiger partial charge in [0.1, 0.15) is 5.75 Å². The number of rotatable bonds is 6. The molecule has 14 heavy (non-hydrogen) atoms. The fraction of sp³-hybridized carbons (Fsp3) is 1.00. The molecule has 0 aromatic rings. The minimum atomic E-state index is -3.81. The Morgan fingerprint density at radius 1 is 1.21 bits per heavy atom. The molecule has 0 aromatic carbocycles. The first-order valence-corrected chi connectivity index (χ1v) is 6.50. The molecule has 0 fully saturated rings. The van der Waals surface area contributed by atoms with Gasteiger partial charge in [-0.15, -0.1) is 0 Å². The second-order valence-corrected chi connectivity index (χ2v) is 6.42. The minimum absolute atomic E-state index is 0.155. The van der Waals surface area contributed by atoms with Gasteiger partial charge in [0, 0.05) is 0 Å². The first-order valence-electron chi connectivity index (χ1n) is 4.89. The zero-order valence-electron chi connectivity index (χ0n) is 9.52. The summed E-state index contributed by atoms with van der Waals surface area (Å²) in [7, 11) is 0.148. The summed E-state index contributed by atoms with van der Waals surface area (Å²) >= 11 is 0. The first kappa shape index (κ1) is 13.9. The minimum Gasteiger partial charge on any atom is -0.328 e. The van der Waals surface area contributed by atoms with Crippen molar-refractivity contribution in [1.29, 1.82) is 0 Å². The lowest BCUT2D eigenvalue weighted by molar-refractivity contribution is -0.888. The van der Waals surface area contributed by atoms with Crippen molar-refractivity contribution < 1.29 is 17.5 Å². The highest BCUT2D eigenvalue weighted by molar-refractivity contribution is 7.85. The van der Waals surface area contributed by atoms with Crippen molar-refractivity contribution in [2.24, 2.45) is 5.92 Å². The lowest BCUT2D eigenvalue weighted by Gasteiger charge is -2.29. The molecule has 0 rings (SSSR count). The van der Waals surface area contributed by atoms with E-state index >= 15 is 0 Å². The van der Waals surface area contributed by atoms with E-state index in [9.17, 15) is 8.42 Å². The molecule has 0 amide bonds. The van der Waals surface area contributed by atoms with E-state index < -0.39 is 10.1 Å². The van der Waals surface area contributed by atoms with Gasteiger partial charge in [-0.05, 0) is 12.3 Å². The Morgan fingerprint density at radius 2 is 1.71 bits per heavy atom. The average Bonchev–Trinajstić information content (AvgIpc) is 1.97. The van der Waals surface area contributed by atoms with Crippen LogP contribution in [0.1, 0.15) is 20.3 Å². The van der Waals surface area contributed by atoms with Crippen LogP contribution in [-0.4, -0.2) is 50.4 Å². The zero-order valence-corrected chi connectivity index (χ0v) is 10.3. The second kappa shape index (κ2) is 5.09. The highest BCUT2D eigenvalue weighted by atomic mass is 32.2. The van der Waals surface area contributed by atoms with Crippen LogP contribution in [0.2, 0.25) is 0 Å². The molecule has 0 spiro atoms. The average molecular weight is 224 g/mol. The van der Waals surface area contributed by atoms with Gasteiger partial charge in [0.05, 0.1) is 27.2 Å². The predicted molar refractivity (Wildman–Crippen MR) is 57.7 cm³/mol. The third-order valence-corrected chi connectivity index (χ3v) is 2.96. The van der Waals surface area contributed by atoms with Gasteiger partial charge in [-0.25, -0.2) is 0 Å². The maximum Gasteiger partial charge on any atom is 0.270 e. The number of hydrogen-bond donors (Lipinski definition) is 1. The Bertz CT molecular complexity index is 257. The molecule has 0 radical (unpaired) electrons. The van der Waals surface area contributed by atoms with Gasteiger partial charge in [0.2, 0.25) is 0 Å². The van der Waals surface area contributed by atoms with Crippen LogP contribution < -0.4 is 0 Å². The fourth-order valence-electron chi connectivity index (χ4n) is 1.08. The van der Waals surface area contributed by atoms with Crippen LogP contribution in [0.4, 0.5) is 0 Å². The Hall–Kier alpha value is -0.130. The van der Waals surface area contributed by atoms with Crippen molar-refractivity contribution in [3.8, 4) is 0 Å². The summed E-state index contributed by atoms with van der Waals surface area (Å²) in [6.07, 6.45) is 1.07. The summed E-state index contributed by atoms with van der Waals surface area (Å²) in [6.45, 7) is 5.68. The maximum absolute atomic E-state index is 10.6. The lowest BCUT2D eigenvalue weighted by atomic mass is 10.1. The van der Waals surface area contributed by atoms with E-state index in [1.807, 2.05) is 14.1 Å². The van der Waals surface area contributed by atoms with E-state index in [-0.39, 0.29) is 5.75 Å². The van der Waals surface area contributed by atoms with Crippen molar-refractivity contribution in [1.82, 2.24) is 0 Å². The van der Waals surface area contributed by atoms with Gasteiger partial charge in [-0.1, -0.05) is 13.8 Å². The van der Waals surface area contributed by atoms with E-state index in [1.54, 1.807) is 0 Å². The third-order valence-electron chi connectivity index (χ3n) is 2.27. The van der Waals surface area contributed by atoms with Crippen molar-refractivity contribution in [2.45, 2.75) is 20.3 Å². The van der Waals surface area contributed by atoms with Gasteiger partial charge < -0.3 is 4.48 Å². The normalized spacial score (nSPS) is 13.6. The van der Waals surface area contributed by atoms with Crippen LogP contribution in [0.25, 0.3) is 0 Å². The summed E-state index contributed by atoms with van der Waals surface area (Å²) in [5, 5.41) is 0.